The fraction of sp³-hybridized carbons (Fsp3) is 0.303. The van der Waals surface area contributed by atoms with Crippen molar-refractivity contribution in [3.05, 3.63) is 95.7 Å². The van der Waals surface area contributed by atoms with Crippen molar-refractivity contribution in [3.63, 3.8) is 0 Å². The third-order valence-electron chi connectivity index (χ3n) is 7.93. The van der Waals surface area contributed by atoms with Crippen molar-refractivity contribution in [3.8, 4) is 11.5 Å². The Morgan fingerprint density at radius 1 is 0.949 bits per heavy atom. The number of benzene rings is 3. The maximum absolute atomic E-state index is 13.5. The van der Waals surface area contributed by atoms with Crippen molar-refractivity contribution in [2.75, 3.05) is 11.9 Å². The normalized spacial score (nSPS) is 14.9. The molecule has 1 atom stereocenters. The van der Waals surface area contributed by atoms with Crippen LogP contribution in [0.4, 0.5) is 5.69 Å². The molecule has 5 rings (SSSR count). The first-order valence-electron chi connectivity index (χ1n) is 13.5. The lowest BCUT2D eigenvalue weighted by Crippen LogP contribution is -2.31. The SMILES string of the molecule is CCC(C)(C)C1CCc2nc3ccccc3c(C(=O)OCC(=O)Nc3ccc(Oc4ccccc4)cc3)c2C1. The minimum Gasteiger partial charge on any atom is -0.457 e. The summed E-state index contributed by atoms with van der Waals surface area (Å²) < 4.78 is 11.4. The van der Waals surface area contributed by atoms with Crippen LogP contribution in [0.5, 0.6) is 11.5 Å². The highest BCUT2D eigenvalue weighted by Crippen LogP contribution is 2.41. The molecule has 1 N–H and O–H groups in total. The number of pyridine rings is 1. The van der Waals surface area contributed by atoms with Crippen LogP contribution in [0.3, 0.4) is 0 Å². The predicted octanol–water partition coefficient (Wildman–Crippen LogP) is 7.36. The van der Waals surface area contributed by atoms with Gasteiger partial charge in [-0.15, -0.1) is 0 Å². The fourth-order valence-electron chi connectivity index (χ4n) is 5.21. The smallest absolute Gasteiger partial charge is 0.339 e. The van der Waals surface area contributed by atoms with Gasteiger partial charge in [0.15, 0.2) is 6.61 Å². The van der Waals surface area contributed by atoms with E-state index in [1.165, 1.54) is 0 Å². The van der Waals surface area contributed by atoms with Crippen LogP contribution < -0.4 is 10.1 Å². The number of nitrogens with one attached hydrogen (secondary N) is 1. The number of hydrogen-bond donors (Lipinski definition) is 1. The summed E-state index contributed by atoms with van der Waals surface area (Å²) in [6, 6.07) is 24.2. The van der Waals surface area contributed by atoms with Crippen molar-refractivity contribution in [1.82, 2.24) is 4.98 Å². The van der Waals surface area contributed by atoms with Gasteiger partial charge < -0.3 is 14.8 Å². The standard InChI is InChI=1S/C33H34N2O4/c1-4-33(2,3)22-14-19-29-27(20-22)31(26-12-8-9-13-28(26)35-29)32(37)38-21-30(36)34-23-15-17-25(18-16-23)39-24-10-6-5-7-11-24/h5-13,15-18,22H,4,14,19-21H2,1-3H3,(H,34,36). The number of hydrogen-bond acceptors (Lipinski definition) is 5. The Morgan fingerprint density at radius 2 is 1.64 bits per heavy atom. The Hall–Kier alpha value is -4.19. The molecule has 0 aliphatic heterocycles. The summed E-state index contributed by atoms with van der Waals surface area (Å²) in [4.78, 5) is 31.0. The van der Waals surface area contributed by atoms with E-state index < -0.39 is 11.9 Å². The van der Waals surface area contributed by atoms with Gasteiger partial charge in [-0.2, -0.15) is 0 Å². The molecule has 1 amide bonds. The Kier molecular flexibility index (Phi) is 7.64. The zero-order valence-corrected chi connectivity index (χ0v) is 22.7. The van der Waals surface area contributed by atoms with E-state index in [9.17, 15) is 9.59 Å². The molecule has 6 heteroatoms. The fourth-order valence-corrected chi connectivity index (χ4v) is 5.21. The van der Waals surface area contributed by atoms with E-state index >= 15 is 0 Å². The number of nitrogens with zero attached hydrogens (tertiary/aromatic N) is 1. The third kappa shape index (κ3) is 5.95. The molecule has 3 aromatic carbocycles. The van der Waals surface area contributed by atoms with Gasteiger partial charge in [0.25, 0.3) is 5.91 Å². The number of rotatable bonds is 8. The Balaban J connectivity index is 1.28. The number of amides is 1. The molecule has 4 aromatic rings. The zero-order valence-electron chi connectivity index (χ0n) is 22.7. The summed E-state index contributed by atoms with van der Waals surface area (Å²) in [7, 11) is 0. The molecule has 1 aliphatic carbocycles. The lowest BCUT2D eigenvalue weighted by Gasteiger charge is -2.37. The Bertz CT molecular complexity index is 1480. The number of esters is 1. The number of anilines is 1. The first kappa shape index (κ1) is 26.4. The van der Waals surface area contributed by atoms with Crippen LogP contribution in [0.25, 0.3) is 10.9 Å². The molecule has 1 heterocycles. The van der Waals surface area contributed by atoms with Crippen molar-refractivity contribution >= 4 is 28.5 Å². The molecule has 0 saturated carbocycles. The first-order chi connectivity index (χ1) is 18.8. The highest BCUT2D eigenvalue weighted by molar-refractivity contribution is 6.06. The van der Waals surface area contributed by atoms with Crippen molar-refractivity contribution < 1.29 is 19.1 Å². The summed E-state index contributed by atoms with van der Waals surface area (Å²) in [5, 5.41) is 3.56. The molecule has 0 radical (unpaired) electrons. The van der Waals surface area contributed by atoms with Gasteiger partial charge in [-0.3, -0.25) is 9.78 Å². The first-order valence-corrected chi connectivity index (χ1v) is 13.5. The van der Waals surface area contributed by atoms with Gasteiger partial charge in [0, 0.05) is 16.8 Å². The van der Waals surface area contributed by atoms with Gasteiger partial charge in [-0.1, -0.05) is 63.6 Å². The molecule has 0 bridgehead atoms. The zero-order chi connectivity index (χ0) is 27.4. The van der Waals surface area contributed by atoms with E-state index in [-0.39, 0.29) is 12.0 Å². The van der Waals surface area contributed by atoms with Crippen LogP contribution in [0.2, 0.25) is 0 Å². The van der Waals surface area contributed by atoms with Crippen molar-refractivity contribution in [2.45, 2.75) is 46.5 Å². The second-order valence-electron chi connectivity index (χ2n) is 10.8. The number of aromatic nitrogens is 1. The van der Waals surface area contributed by atoms with E-state index in [2.05, 4.69) is 26.1 Å². The van der Waals surface area contributed by atoms with Gasteiger partial charge in [-0.05, 0) is 78.6 Å². The van der Waals surface area contributed by atoms with Gasteiger partial charge in [0.05, 0.1) is 11.1 Å². The van der Waals surface area contributed by atoms with Gasteiger partial charge >= 0.3 is 5.97 Å². The van der Waals surface area contributed by atoms with Gasteiger partial charge in [0.2, 0.25) is 0 Å². The maximum Gasteiger partial charge on any atom is 0.339 e. The summed E-state index contributed by atoms with van der Waals surface area (Å²) in [5.41, 5.74) is 4.00. The van der Waals surface area contributed by atoms with Crippen LogP contribution in [0.1, 0.15) is 55.2 Å². The lowest BCUT2D eigenvalue weighted by atomic mass is 9.68. The predicted molar refractivity (Wildman–Crippen MR) is 153 cm³/mol. The highest BCUT2D eigenvalue weighted by Gasteiger charge is 2.34. The maximum atomic E-state index is 13.5. The topological polar surface area (TPSA) is 77.5 Å². The molecule has 0 fully saturated rings. The van der Waals surface area contributed by atoms with E-state index in [4.69, 9.17) is 14.5 Å². The van der Waals surface area contributed by atoms with Crippen LogP contribution in [0.15, 0.2) is 78.9 Å². The van der Waals surface area contributed by atoms with E-state index in [0.717, 1.165) is 53.6 Å². The minimum absolute atomic E-state index is 0.159. The van der Waals surface area contributed by atoms with Gasteiger partial charge in [-0.25, -0.2) is 4.79 Å². The molecule has 6 nitrogen and oxygen atoms in total. The number of para-hydroxylation sites is 2. The largest absolute Gasteiger partial charge is 0.457 e. The van der Waals surface area contributed by atoms with Crippen LogP contribution in [0, 0.1) is 11.3 Å². The molecule has 1 aromatic heterocycles. The average molecular weight is 523 g/mol. The van der Waals surface area contributed by atoms with Gasteiger partial charge in [0.1, 0.15) is 11.5 Å². The number of ether oxygens (including phenoxy) is 2. The van der Waals surface area contributed by atoms with E-state index in [1.54, 1.807) is 24.3 Å². The Morgan fingerprint density at radius 3 is 2.38 bits per heavy atom. The van der Waals surface area contributed by atoms with Crippen molar-refractivity contribution in [2.24, 2.45) is 11.3 Å². The van der Waals surface area contributed by atoms with Crippen molar-refractivity contribution in [1.29, 1.82) is 0 Å². The molecule has 1 unspecified atom stereocenters. The third-order valence-corrected chi connectivity index (χ3v) is 7.93. The summed E-state index contributed by atoms with van der Waals surface area (Å²) in [6.45, 7) is 6.42. The molecular weight excluding hydrogens is 488 g/mol. The number of aryl methyl sites for hydroxylation is 1. The quantitative estimate of drug-likeness (QED) is 0.245. The lowest BCUT2D eigenvalue weighted by molar-refractivity contribution is -0.119. The summed E-state index contributed by atoms with van der Waals surface area (Å²) in [5.74, 6) is 0.946. The summed E-state index contributed by atoms with van der Waals surface area (Å²) >= 11 is 0. The number of carbonyl (C=O) groups is 2. The molecule has 39 heavy (non-hydrogen) atoms. The monoisotopic (exact) mass is 522 g/mol. The number of carbonyl (C=O) groups excluding carboxylic acids is 2. The van der Waals surface area contributed by atoms with E-state index in [0.29, 0.717) is 22.9 Å². The molecule has 200 valence electrons. The summed E-state index contributed by atoms with van der Waals surface area (Å²) in [6.07, 6.45) is 3.72. The van der Waals surface area contributed by atoms with Crippen LogP contribution >= 0.6 is 0 Å². The minimum atomic E-state index is -0.485. The van der Waals surface area contributed by atoms with Crippen LogP contribution in [-0.4, -0.2) is 23.5 Å². The second-order valence-corrected chi connectivity index (χ2v) is 10.8. The molecule has 0 saturated heterocycles. The van der Waals surface area contributed by atoms with Crippen LogP contribution in [-0.2, 0) is 22.4 Å². The highest BCUT2D eigenvalue weighted by atomic mass is 16.5. The Labute approximate surface area is 229 Å². The molecule has 0 spiro atoms. The average Bonchev–Trinajstić information content (AvgIpc) is 2.96. The molecule has 1 aliphatic rings. The second kappa shape index (κ2) is 11.3. The van der Waals surface area contributed by atoms with E-state index in [1.807, 2.05) is 54.6 Å². The molecular formula is C33H34N2O4. The number of fused-ring (bicyclic) bond motifs is 2.